The number of carbonyl (C=O) groups is 2. The normalized spacial score (nSPS) is 15.8. The van der Waals surface area contributed by atoms with Gasteiger partial charge in [0.05, 0.1) is 6.04 Å². The molecular weight excluding hydrogens is 342 g/mol. The molecule has 1 aliphatic carbocycles. The summed E-state index contributed by atoms with van der Waals surface area (Å²) in [5.41, 5.74) is 1.58. The third-order valence-electron chi connectivity index (χ3n) is 4.31. The maximum Gasteiger partial charge on any atom is 0.365 e. The molecule has 0 radical (unpaired) electrons. The van der Waals surface area contributed by atoms with Crippen LogP contribution in [0.1, 0.15) is 54.7 Å². The predicted octanol–water partition coefficient (Wildman–Crippen LogP) is 3.72. The van der Waals surface area contributed by atoms with Crippen LogP contribution >= 0.6 is 11.6 Å². The Balaban J connectivity index is 1.90. The molecule has 3 rings (SSSR count). The predicted molar refractivity (Wildman–Crippen MR) is 92.3 cm³/mol. The fourth-order valence-electron chi connectivity index (χ4n) is 2.90. The topological polar surface area (TPSA) is 74.1 Å². The number of benzene rings is 1. The van der Waals surface area contributed by atoms with Gasteiger partial charge in [-0.2, -0.15) is 0 Å². The summed E-state index contributed by atoms with van der Waals surface area (Å²) in [4.78, 5) is 23.8. The number of nitrogens with zero attached hydrogens (tertiary/aromatic N) is 3. The zero-order valence-electron chi connectivity index (χ0n) is 13.8. The van der Waals surface area contributed by atoms with Crippen LogP contribution in [0.5, 0.6) is 0 Å². The van der Waals surface area contributed by atoms with Gasteiger partial charge in [0.25, 0.3) is 0 Å². The minimum atomic E-state index is -0.644. The first kappa shape index (κ1) is 17.4. The van der Waals surface area contributed by atoms with E-state index in [1.165, 1.54) is 4.68 Å². The summed E-state index contributed by atoms with van der Waals surface area (Å²) < 4.78 is 6.92. The summed E-state index contributed by atoms with van der Waals surface area (Å²) in [6, 6.07) is 9.36. The molecule has 130 valence electrons. The smallest absolute Gasteiger partial charge is 0.365 e. The standard InChI is InChI=1S/C18H18ClN3O3/c1-12(13-7-3-2-4-8-13)22-16(17(19)20-21-22)18(24)25-15-10-6-5-9-14(15)11-23/h2-4,7-8,11-12H,5-6,9-10H2,1H3/t12-/m1/s1. The van der Waals surface area contributed by atoms with Crippen LogP contribution < -0.4 is 0 Å². The van der Waals surface area contributed by atoms with Crippen molar-refractivity contribution in [2.24, 2.45) is 0 Å². The van der Waals surface area contributed by atoms with E-state index < -0.39 is 5.97 Å². The van der Waals surface area contributed by atoms with Crippen molar-refractivity contribution >= 4 is 23.9 Å². The molecule has 2 aromatic rings. The summed E-state index contributed by atoms with van der Waals surface area (Å²) in [6.07, 6.45) is 3.74. The van der Waals surface area contributed by atoms with E-state index in [1.54, 1.807) is 0 Å². The Bertz CT molecular complexity index is 814. The van der Waals surface area contributed by atoms with Gasteiger partial charge in [0.1, 0.15) is 12.0 Å². The molecular formula is C18H18ClN3O3. The van der Waals surface area contributed by atoms with Gasteiger partial charge in [-0.3, -0.25) is 4.79 Å². The number of rotatable bonds is 5. The first-order valence-corrected chi connectivity index (χ1v) is 8.54. The first-order chi connectivity index (χ1) is 12.1. The lowest BCUT2D eigenvalue weighted by Crippen LogP contribution is -2.19. The monoisotopic (exact) mass is 359 g/mol. The van der Waals surface area contributed by atoms with Crippen LogP contribution in [0.15, 0.2) is 41.7 Å². The highest BCUT2D eigenvalue weighted by Gasteiger charge is 2.27. The van der Waals surface area contributed by atoms with E-state index in [4.69, 9.17) is 16.3 Å². The molecule has 1 aromatic carbocycles. The van der Waals surface area contributed by atoms with Crippen molar-refractivity contribution in [1.82, 2.24) is 15.0 Å². The van der Waals surface area contributed by atoms with Gasteiger partial charge in [0, 0.05) is 12.0 Å². The fraction of sp³-hybridized carbons (Fsp3) is 0.333. The molecule has 0 N–H and O–H groups in total. The molecule has 0 saturated carbocycles. The molecule has 1 atom stereocenters. The van der Waals surface area contributed by atoms with Crippen LogP contribution in [-0.4, -0.2) is 27.2 Å². The van der Waals surface area contributed by atoms with Gasteiger partial charge in [-0.15, -0.1) is 5.10 Å². The second-order valence-corrected chi connectivity index (χ2v) is 6.28. The first-order valence-electron chi connectivity index (χ1n) is 8.16. The Labute approximate surface area is 150 Å². The molecule has 25 heavy (non-hydrogen) atoms. The Morgan fingerprint density at radius 3 is 2.72 bits per heavy atom. The quantitative estimate of drug-likeness (QED) is 0.600. The molecule has 0 unspecified atom stereocenters. The third kappa shape index (κ3) is 3.64. The molecule has 6 nitrogen and oxygen atoms in total. The average molecular weight is 360 g/mol. The third-order valence-corrected chi connectivity index (χ3v) is 4.57. The van der Waals surface area contributed by atoms with Gasteiger partial charge >= 0.3 is 5.97 Å². The summed E-state index contributed by atoms with van der Waals surface area (Å²) in [7, 11) is 0. The van der Waals surface area contributed by atoms with Crippen molar-refractivity contribution in [2.45, 2.75) is 38.6 Å². The Hall–Kier alpha value is -2.47. The SMILES string of the molecule is C[C@H](c1ccccc1)n1nnc(Cl)c1C(=O)OC1=C(C=O)CCCC1. The zero-order valence-corrected chi connectivity index (χ0v) is 14.6. The molecule has 0 amide bonds. The lowest BCUT2D eigenvalue weighted by molar-refractivity contribution is -0.105. The number of ether oxygens (including phenoxy) is 1. The molecule has 0 aliphatic heterocycles. The molecule has 7 heteroatoms. The Morgan fingerprint density at radius 1 is 1.28 bits per heavy atom. The molecule has 1 aliphatic rings. The number of aromatic nitrogens is 3. The van der Waals surface area contributed by atoms with Crippen LogP contribution in [-0.2, 0) is 9.53 Å². The number of allylic oxidation sites excluding steroid dienone is 2. The Morgan fingerprint density at radius 2 is 2.00 bits per heavy atom. The van der Waals surface area contributed by atoms with Crippen molar-refractivity contribution in [1.29, 1.82) is 0 Å². The van der Waals surface area contributed by atoms with Crippen molar-refractivity contribution < 1.29 is 14.3 Å². The summed E-state index contributed by atoms with van der Waals surface area (Å²) in [5, 5.41) is 7.79. The van der Waals surface area contributed by atoms with Crippen molar-refractivity contribution in [3.63, 3.8) is 0 Å². The fourth-order valence-corrected chi connectivity index (χ4v) is 3.10. The van der Waals surface area contributed by atoms with E-state index in [0.717, 1.165) is 24.7 Å². The number of aldehydes is 1. The lowest BCUT2D eigenvalue weighted by Gasteiger charge is -2.18. The average Bonchev–Trinajstić information content (AvgIpc) is 3.04. The summed E-state index contributed by atoms with van der Waals surface area (Å²) >= 11 is 6.08. The highest BCUT2D eigenvalue weighted by atomic mass is 35.5. The van der Waals surface area contributed by atoms with Crippen LogP contribution in [0.25, 0.3) is 0 Å². The minimum absolute atomic E-state index is 0.0168. The molecule has 0 bridgehead atoms. The highest BCUT2D eigenvalue weighted by molar-refractivity contribution is 6.32. The van der Waals surface area contributed by atoms with Crippen LogP contribution in [0.3, 0.4) is 0 Å². The van der Waals surface area contributed by atoms with Gasteiger partial charge in [-0.05, 0) is 31.7 Å². The largest absolute Gasteiger partial charge is 0.426 e. The molecule has 1 heterocycles. The zero-order chi connectivity index (χ0) is 17.8. The van der Waals surface area contributed by atoms with Gasteiger partial charge in [-0.1, -0.05) is 47.1 Å². The van der Waals surface area contributed by atoms with E-state index in [-0.39, 0.29) is 16.9 Å². The van der Waals surface area contributed by atoms with E-state index in [0.29, 0.717) is 24.2 Å². The number of esters is 1. The number of halogens is 1. The van der Waals surface area contributed by atoms with E-state index in [9.17, 15) is 9.59 Å². The minimum Gasteiger partial charge on any atom is -0.426 e. The highest BCUT2D eigenvalue weighted by Crippen LogP contribution is 2.27. The van der Waals surface area contributed by atoms with Crippen molar-refractivity contribution in [2.75, 3.05) is 0 Å². The van der Waals surface area contributed by atoms with E-state index >= 15 is 0 Å². The molecule has 1 aromatic heterocycles. The van der Waals surface area contributed by atoms with Crippen LogP contribution in [0.4, 0.5) is 0 Å². The van der Waals surface area contributed by atoms with Gasteiger partial charge in [0.15, 0.2) is 10.8 Å². The van der Waals surface area contributed by atoms with Gasteiger partial charge < -0.3 is 4.74 Å². The van der Waals surface area contributed by atoms with Crippen LogP contribution in [0.2, 0.25) is 5.15 Å². The van der Waals surface area contributed by atoms with Crippen LogP contribution in [0, 0.1) is 0 Å². The maximum absolute atomic E-state index is 12.7. The number of carbonyl (C=O) groups excluding carboxylic acids is 2. The second-order valence-electron chi connectivity index (χ2n) is 5.92. The summed E-state index contributed by atoms with van der Waals surface area (Å²) in [6.45, 7) is 1.90. The van der Waals surface area contributed by atoms with Crippen molar-refractivity contribution in [3.05, 3.63) is 58.1 Å². The lowest BCUT2D eigenvalue weighted by atomic mass is 9.99. The molecule has 0 spiro atoms. The van der Waals surface area contributed by atoms with Crippen molar-refractivity contribution in [3.8, 4) is 0 Å². The molecule has 0 saturated heterocycles. The molecule has 0 fully saturated rings. The van der Waals surface area contributed by atoms with Gasteiger partial charge in [-0.25, -0.2) is 9.48 Å². The van der Waals surface area contributed by atoms with E-state index in [1.807, 2.05) is 37.3 Å². The maximum atomic E-state index is 12.7. The number of hydrogen-bond acceptors (Lipinski definition) is 5. The number of hydrogen-bond donors (Lipinski definition) is 0. The Kier molecular flexibility index (Phi) is 5.28. The van der Waals surface area contributed by atoms with E-state index in [2.05, 4.69) is 10.3 Å². The second kappa shape index (κ2) is 7.61. The summed E-state index contributed by atoms with van der Waals surface area (Å²) in [5.74, 6) is -0.225. The van der Waals surface area contributed by atoms with Gasteiger partial charge in [0.2, 0.25) is 0 Å².